The molecule has 0 spiro atoms. The summed E-state index contributed by atoms with van der Waals surface area (Å²) in [6.45, 7) is 11.1. The summed E-state index contributed by atoms with van der Waals surface area (Å²) in [6.07, 6.45) is 4.47. The highest BCUT2D eigenvalue weighted by Crippen LogP contribution is 2.36. The number of likely N-dealkylation sites (N-methyl/N-ethyl adjacent to an activating group) is 1. The molecule has 154 valence electrons. The van der Waals surface area contributed by atoms with Crippen LogP contribution in [-0.2, 0) is 13.0 Å². The SMILES string of the molecule is CC(C)[CH2][AlH][CH2]C(C)C.CN1CCc2c(Cl)ccc3oc(/C=C/CO)c(c23)C1. The molecule has 1 aromatic carbocycles. The molecule has 28 heavy (non-hydrogen) atoms. The first-order valence-corrected chi connectivity index (χ1v) is 12.9. The number of hydrogen-bond donors (Lipinski definition) is 1. The number of aliphatic hydroxyl groups is 1. The van der Waals surface area contributed by atoms with Crippen LogP contribution in [0.2, 0.25) is 15.6 Å². The van der Waals surface area contributed by atoms with Gasteiger partial charge < -0.3 is 14.4 Å². The largest absolute Gasteiger partial charge is 0.456 e. The topological polar surface area (TPSA) is 36.6 Å². The number of rotatable bonds is 6. The quantitative estimate of drug-likeness (QED) is 0.614. The highest BCUT2D eigenvalue weighted by Gasteiger charge is 2.22. The molecule has 1 aliphatic heterocycles. The molecule has 0 fully saturated rings. The van der Waals surface area contributed by atoms with Gasteiger partial charge >= 0.3 is 0 Å². The first kappa shape index (κ1) is 23.5. The van der Waals surface area contributed by atoms with E-state index in [1.807, 2.05) is 18.2 Å². The van der Waals surface area contributed by atoms with Crippen LogP contribution in [0.5, 0.6) is 0 Å². The zero-order chi connectivity index (χ0) is 20.7. The Hall–Kier alpha value is -0.758. The first-order valence-electron chi connectivity index (χ1n) is 10.5. The molecule has 0 aliphatic carbocycles. The first-order chi connectivity index (χ1) is 13.3. The van der Waals surface area contributed by atoms with Crippen molar-refractivity contribution < 1.29 is 9.52 Å². The average Bonchev–Trinajstić information content (AvgIpc) is 2.85. The summed E-state index contributed by atoms with van der Waals surface area (Å²) in [5.74, 6) is 2.73. The van der Waals surface area contributed by atoms with Crippen molar-refractivity contribution in [2.24, 2.45) is 11.8 Å². The minimum absolute atomic E-state index is 0.0138. The zero-order valence-corrected chi connectivity index (χ0v) is 20.3. The fourth-order valence-electron chi connectivity index (χ4n) is 3.60. The van der Waals surface area contributed by atoms with E-state index in [4.69, 9.17) is 21.1 Å². The molecule has 0 unspecified atom stereocenters. The van der Waals surface area contributed by atoms with Crippen molar-refractivity contribution in [1.29, 1.82) is 0 Å². The Labute approximate surface area is 181 Å². The molecular formula is C23H35AlClNO2. The molecule has 0 radical (unpaired) electrons. The number of hydrogen-bond acceptors (Lipinski definition) is 3. The van der Waals surface area contributed by atoms with E-state index >= 15 is 0 Å². The Morgan fingerprint density at radius 2 is 1.86 bits per heavy atom. The third-order valence-corrected chi connectivity index (χ3v) is 8.63. The van der Waals surface area contributed by atoms with E-state index in [-0.39, 0.29) is 6.61 Å². The fourth-order valence-corrected chi connectivity index (χ4v) is 5.72. The van der Waals surface area contributed by atoms with Gasteiger partial charge in [0.1, 0.15) is 11.3 Å². The number of furan rings is 1. The van der Waals surface area contributed by atoms with Crippen LogP contribution in [0.4, 0.5) is 0 Å². The summed E-state index contributed by atoms with van der Waals surface area (Å²) >= 11 is 6.64. The second-order valence-corrected chi connectivity index (χ2v) is 10.9. The van der Waals surface area contributed by atoms with E-state index in [1.165, 1.54) is 16.1 Å². The summed E-state index contributed by atoms with van der Waals surface area (Å²) in [6, 6.07) is 3.82. The Morgan fingerprint density at radius 1 is 1.18 bits per heavy atom. The monoisotopic (exact) mass is 419 g/mol. The summed E-state index contributed by atoms with van der Waals surface area (Å²) in [5, 5.41) is 14.0. The number of benzene rings is 1. The molecule has 0 amide bonds. The molecule has 2 heterocycles. The predicted octanol–water partition coefficient (Wildman–Crippen LogP) is 5.65. The molecular weight excluding hydrogens is 385 g/mol. The number of halogens is 1. The normalized spacial score (nSPS) is 14.6. The van der Waals surface area contributed by atoms with Gasteiger partial charge in [0.2, 0.25) is 15.2 Å². The van der Waals surface area contributed by atoms with Crippen molar-refractivity contribution in [3.63, 3.8) is 0 Å². The van der Waals surface area contributed by atoms with Gasteiger partial charge in [-0.3, -0.25) is 0 Å². The van der Waals surface area contributed by atoms with Crippen LogP contribution in [0, 0.1) is 11.8 Å². The van der Waals surface area contributed by atoms with E-state index in [1.54, 1.807) is 6.08 Å². The van der Waals surface area contributed by atoms with Gasteiger partial charge in [0.05, 0.1) is 6.61 Å². The predicted molar refractivity (Wildman–Crippen MR) is 124 cm³/mol. The highest BCUT2D eigenvalue weighted by molar-refractivity contribution is 6.35. The molecule has 0 saturated heterocycles. The highest BCUT2D eigenvalue weighted by atomic mass is 35.5. The second kappa shape index (κ2) is 11.4. The molecule has 2 aromatic rings. The molecule has 5 heteroatoms. The van der Waals surface area contributed by atoms with Gasteiger partial charge in [-0.2, -0.15) is 0 Å². The van der Waals surface area contributed by atoms with Gasteiger partial charge in [-0.1, -0.05) is 67.8 Å². The van der Waals surface area contributed by atoms with Gasteiger partial charge in [-0.15, -0.1) is 0 Å². The lowest BCUT2D eigenvalue weighted by atomic mass is 10.0. The van der Waals surface area contributed by atoms with Crippen LogP contribution in [-0.4, -0.2) is 45.4 Å². The minimum Gasteiger partial charge on any atom is -0.456 e. The van der Waals surface area contributed by atoms with Gasteiger partial charge in [-0.05, 0) is 37.2 Å². The van der Waals surface area contributed by atoms with Gasteiger partial charge in [-0.25, -0.2) is 0 Å². The van der Waals surface area contributed by atoms with Crippen LogP contribution < -0.4 is 0 Å². The summed E-state index contributed by atoms with van der Waals surface area (Å²) < 4.78 is 5.89. The van der Waals surface area contributed by atoms with Gasteiger partial charge in [0.25, 0.3) is 0 Å². The Bertz CT molecular complexity index is 774. The van der Waals surface area contributed by atoms with Crippen LogP contribution in [0.25, 0.3) is 17.0 Å². The smallest absolute Gasteiger partial charge is 0.237 e. The number of aliphatic hydroxyl groups excluding tert-OH is 1. The van der Waals surface area contributed by atoms with Crippen molar-refractivity contribution in [2.45, 2.75) is 51.2 Å². The third-order valence-electron chi connectivity index (χ3n) is 5.15. The second-order valence-electron chi connectivity index (χ2n) is 8.64. The van der Waals surface area contributed by atoms with Crippen LogP contribution in [0.1, 0.15) is 44.6 Å². The van der Waals surface area contributed by atoms with Gasteiger partial charge in [0.15, 0.2) is 0 Å². The van der Waals surface area contributed by atoms with E-state index < -0.39 is 0 Å². The van der Waals surface area contributed by atoms with E-state index in [0.717, 1.165) is 58.7 Å². The molecule has 1 N–H and O–H groups in total. The Morgan fingerprint density at radius 3 is 2.46 bits per heavy atom. The Balaban J connectivity index is 0.000000266. The van der Waals surface area contributed by atoms with E-state index in [2.05, 4.69) is 39.6 Å². The minimum atomic E-state index is 0.0138. The molecule has 0 saturated carbocycles. The van der Waals surface area contributed by atoms with Crippen molar-refractivity contribution in [1.82, 2.24) is 4.90 Å². The van der Waals surface area contributed by atoms with Crippen LogP contribution in [0.15, 0.2) is 22.6 Å². The lowest BCUT2D eigenvalue weighted by Gasteiger charge is -2.12. The molecule has 1 aliphatic rings. The fraction of sp³-hybridized carbons (Fsp3) is 0.565. The van der Waals surface area contributed by atoms with Crippen LogP contribution >= 0.6 is 11.6 Å². The zero-order valence-electron chi connectivity index (χ0n) is 18.1. The van der Waals surface area contributed by atoms with Crippen molar-refractivity contribution in [3.8, 4) is 0 Å². The Kier molecular flexibility index (Phi) is 9.60. The van der Waals surface area contributed by atoms with Crippen molar-refractivity contribution >= 4 is 43.9 Å². The maximum absolute atomic E-state index is 8.93. The maximum Gasteiger partial charge on any atom is 0.237 e. The molecule has 0 atom stereocenters. The third kappa shape index (κ3) is 6.65. The standard InChI is InChI=1S/C15H16ClNO2.2C4H9.Al.H/c1-17-7-6-10-12(16)4-5-14-15(10)11(9-17)13(19-14)3-2-8-18;2*1-4(2)3;;/h2-5,18H,6-9H2,1H3;2*4H,1H2,2-3H3;;/b3-2+;;;;. The van der Waals surface area contributed by atoms with Gasteiger partial charge in [0, 0.05) is 29.1 Å². The summed E-state index contributed by atoms with van der Waals surface area (Å²) in [7, 11) is 2.10. The molecule has 1 aromatic heterocycles. The van der Waals surface area contributed by atoms with Crippen molar-refractivity contribution in [2.75, 3.05) is 20.2 Å². The van der Waals surface area contributed by atoms with E-state index in [9.17, 15) is 0 Å². The lowest BCUT2D eigenvalue weighted by molar-refractivity contribution is 0.334. The summed E-state index contributed by atoms with van der Waals surface area (Å²) in [4.78, 5) is 2.26. The maximum atomic E-state index is 8.93. The summed E-state index contributed by atoms with van der Waals surface area (Å²) in [5.41, 5.74) is 3.21. The van der Waals surface area contributed by atoms with Crippen LogP contribution in [0.3, 0.4) is 0 Å². The number of nitrogens with zero attached hydrogens (tertiary/aromatic N) is 1. The van der Waals surface area contributed by atoms with E-state index in [0.29, 0.717) is 15.2 Å². The molecule has 3 rings (SSSR count). The average molecular weight is 420 g/mol. The molecule has 0 bridgehead atoms. The molecule has 3 nitrogen and oxygen atoms in total. The van der Waals surface area contributed by atoms with Crippen molar-refractivity contribution in [3.05, 3.63) is 40.1 Å². The lowest BCUT2D eigenvalue weighted by Crippen LogP contribution is -2.18.